The minimum Gasteiger partial charge on any atom is -0.393 e. The number of carbonyl (C=O) groups is 1. The maximum absolute atomic E-state index is 12.5. The number of hydrogen-bond acceptors (Lipinski definition) is 2. The van der Waals surface area contributed by atoms with Crippen molar-refractivity contribution in [2.45, 2.75) is 38.3 Å². The van der Waals surface area contributed by atoms with E-state index < -0.39 is 6.10 Å². The van der Waals surface area contributed by atoms with Gasteiger partial charge in [-0.1, -0.05) is 23.2 Å². The van der Waals surface area contributed by atoms with Gasteiger partial charge in [0.15, 0.2) is 0 Å². The summed E-state index contributed by atoms with van der Waals surface area (Å²) in [6.45, 7) is 2.45. The van der Waals surface area contributed by atoms with E-state index in [0.29, 0.717) is 28.6 Å². The number of benzene rings is 1. The molecule has 19 heavy (non-hydrogen) atoms. The van der Waals surface area contributed by atoms with Crippen molar-refractivity contribution in [2.24, 2.45) is 0 Å². The van der Waals surface area contributed by atoms with Gasteiger partial charge in [0, 0.05) is 17.6 Å². The fourth-order valence-electron chi connectivity index (χ4n) is 2.56. The van der Waals surface area contributed by atoms with Crippen LogP contribution in [0.5, 0.6) is 0 Å². The predicted octanol–water partition coefficient (Wildman–Crippen LogP) is 3.37. The van der Waals surface area contributed by atoms with Gasteiger partial charge < -0.3 is 10.0 Å². The van der Waals surface area contributed by atoms with Gasteiger partial charge in [-0.05, 0) is 44.4 Å². The Morgan fingerprint density at radius 1 is 1.53 bits per heavy atom. The second-order valence-corrected chi connectivity index (χ2v) is 5.85. The maximum atomic E-state index is 12.5. The first-order valence-corrected chi connectivity index (χ1v) is 7.18. The third-order valence-electron chi connectivity index (χ3n) is 3.41. The van der Waals surface area contributed by atoms with Crippen molar-refractivity contribution in [3.63, 3.8) is 0 Å². The van der Waals surface area contributed by atoms with Gasteiger partial charge in [-0.2, -0.15) is 0 Å². The Morgan fingerprint density at radius 2 is 2.26 bits per heavy atom. The molecule has 0 saturated carbocycles. The Bertz CT molecular complexity index is 477. The molecular weight excluding hydrogens is 285 g/mol. The summed E-state index contributed by atoms with van der Waals surface area (Å²) < 4.78 is 0. The minimum atomic E-state index is -0.409. The van der Waals surface area contributed by atoms with Crippen LogP contribution < -0.4 is 0 Å². The molecule has 1 amide bonds. The lowest BCUT2D eigenvalue weighted by atomic mass is 10.1. The van der Waals surface area contributed by atoms with Crippen molar-refractivity contribution in [3.8, 4) is 0 Å². The molecule has 2 unspecified atom stereocenters. The molecule has 104 valence electrons. The molecule has 1 saturated heterocycles. The number of nitrogens with zero attached hydrogens (tertiary/aromatic N) is 1. The van der Waals surface area contributed by atoms with E-state index >= 15 is 0 Å². The third-order valence-corrected chi connectivity index (χ3v) is 3.97. The molecule has 0 aliphatic carbocycles. The Balaban J connectivity index is 2.20. The zero-order valence-electron chi connectivity index (χ0n) is 10.8. The van der Waals surface area contributed by atoms with Crippen LogP contribution in [0.25, 0.3) is 0 Å². The van der Waals surface area contributed by atoms with E-state index in [4.69, 9.17) is 23.2 Å². The SMILES string of the molecule is CC(O)CC1CCCN1C(=O)c1cc(Cl)ccc1Cl. The Kier molecular flexibility index (Phi) is 4.71. The fourth-order valence-corrected chi connectivity index (χ4v) is 2.93. The molecule has 1 aliphatic rings. The molecule has 1 aromatic rings. The summed E-state index contributed by atoms with van der Waals surface area (Å²) in [6.07, 6.45) is 2.08. The molecule has 1 N–H and O–H groups in total. The van der Waals surface area contributed by atoms with E-state index in [-0.39, 0.29) is 11.9 Å². The summed E-state index contributed by atoms with van der Waals surface area (Å²) in [6, 6.07) is 4.99. The van der Waals surface area contributed by atoms with E-state index in [2.05, 4.69) is 0 Å². The van der Waals surface area contributed by atoms with Crippen molar-refractivity contribution < 1.29 is 9.90 Å². The number of carbonyl (C=O) groups excluding carboxylic acids is 1. The summed E-state index contributed by atoms with van der Waals surface area (Å²) in [5, 5.41) is 10.4. The first kappa shape index (κ1) is 14.6. The third kappa shape index (κ3) is 3.41. The number of halogens is 2. The molecular formula is C14H17Cl2NO2. The number of aliphatic hydroxyl groups excluding tert-OH is 1. The molecule has 1 aliphatic heterocycles. The highest BCUT2D eigenvalue weighted by Gasteiger charge is 2.31. The highest BCUT2D eigenvalue weighted by atomic mass is 35.5. The van der Waals surface area contributed by atoms with Gasteiger partial charge in [-0.25, -0.2) is 0 Å². The maximum Gasteiger partial charge on any atom is 0.255 e. The Hall–Kier alpha value is -0.770. The lowest BCUT2D eigenvalue weighted by Crippen LogP contribution is -2.37. The molecule has 0 bridgehead atoms. The van der Waals surface area contributed by atoms with Crippen molar-refractivity contribution >= 4 is 29.1 Å². The van der Waals surface area contributed by atoms with Gasteiger partial charge in [0.05, 0.1) is 16.7 Å². The van der Waals surface area contributed by atoms with Gasteiger partial charge in [0.25, 0.3) is 5.91 Å². The molecule has 0 radical (unpaired) electrons. The smallest absolute Gasteiger partial charge is 0.255 e. The summed E-state index contributed by atoms with van der Waals surface area (Å²) in [7, 11) is 0. The second-order valence-electron chi connectivity index (χ2n) is 5.00. The Labute approximate surface area is 123 Å². The van der Waals surface area contributed by atoms with Crippen molar-refractivity contribution in [2.75, 3.05) is 6.54 Å². The van der Waals surface area contributed by atoms with Crippen LogP contribution in [0.3, 0.4) is 0 Å². The summed E-state index contributed by atoms with van der Waals surface area (Å²) in [4.78, 5) is 14.3. The zero-order valence-corrected chi connectivity index (χ0v) is 12.3. The molecule has 0 spiro atoms. The summed E-state index contributed by atoms with van der Waals surface area (Å²) in [5.41, 5.74) is 0.437. The summed E-state index contributed by atoms with van der Waals surface area (Å²) >= 11 is 12.0. The van der Waals surface area contributed by atoms with Gasteiger partial charge >= 0.3 is 0 Å². The van der Waals surface area contributed by atoms with E-state index in [1.165, 1.54) is 0 Å². The number of amides is 1. The van der Waals surface area contributed by atoms with Crippen LogP contribution in [0.1, 0.15) is 36.5 Å². The Morgan fingerprint density at radius 3 is 2.95 bits per heavy atom. The average Bonchev–Trinajstić information content (AvgIpc) is 2.78. The molecule has 1 fully saturated rings. The highest BCUT2D eigenvalue weighted by molar-refractivity contribution is 6.35. The largest absolute Gasteiger partial charge is 0.393 e. The number of rotatable bonds is 3. The number of hydrogen-bond donors (Lipinski definition) is 1. The van der Waals surface area contributed by atoms with Crippen LogP contribution in [0.4, 0.5) is 0 Å². The number of aliphatic hydroxyl groups is 1. The molecule has 2 rings (SSSR count). The standard InChI is InChI=1S/C14H17Cl2NO2/c1-9(18)7-11-3-2-6-17(11)14(19)12-8-10(15)4-5-13(12)16/h4-5,8-9,11,18H,2-3,6-7H2,1H3. The summed E-state index contributed by atoms with van der Waals surface area (Å²) in [5.74, 6) is -0.101. The number of likely N-dealkylation sites (tertiary alicyclic amines) is 1. The van der Waals surface area contributed by atoms with Crippen LogP contribution >= 0.6 is 23.2 Å². The molecule has 0 aromatic heterocycles. The lowest BCUT2D eigenvalue weighted by molar-refractivity contribution is 0.0682. The molecule has 1 heterocycles. The fraction of sp³-hybridized carbons (Fsp3) is 0.500. The van der Waals surface area contributed by atoms with E-state index in [1.54, 1.807) is 30.0 Å². The lowest BCUT2D eigenvalue weighted by Gasteiger charge is -2.26. The van der Waals surface area contributed by atoms with E-state index in [1.807, 2.05) is 0 Å². The molecule has 5 heteroatoms. The monoisotopic (exact) mass is 301 g/mol. The molecule has 2 atom stereocenters. The van der Waals surface area contributed by atoms with Crippen LogP contribution in [0.15, 0.2) is 18.2 Å². The van der Waals surface area contributed by atoms with Gasteiger partial charge in [0.1, 0.15) is 0 Å². The zero-order chi connectivity index (χ0) is 14.0. The van der Waals surface area contributed by atoms with Crippen LogP contribution in [0, 0.1) is 0 Å². The van der Waals surface area contributed by atoms with Crippen molar-refractivity contribution in [1.82, 2.24) is 4.90 Å². The van der Waals surface area contributed by atoms with Crippen LogP contribution in [0.2, 0.25) is 10.0 Å². The van der Waals surface area contributed by atoms with Gasteiger partial charge in [0.2, 0.25) is 0 Å². The normalized spacial score (nSPS) is 20.6. The highest BCUT2D eigenvalue weighted by Crippen LogP contribution is 2.27. The quantitative estimate of drug-likeness (QED) is 0.930. The molecule has 1 aromatic carbocycles. The minimum absolute atomic E-state index is 0.0857. The average molecular weight is 302 g/mol. The van der Waals surface area contributed by atoms with Crippen LogP contribution in [-0.4, -0.2) is 34.6 Å². The van der Waals surface area contributed by atoms with Crippen LogP contribution in [-0.2, 0) is 0 Å². The van der Waals surface area contributed by atoms with E-state index in [9.17, 15) is 9.90 Å². The van der Waals surface area contributed by atoms with Crippen molar-refractivity contribution in [1.29, 1.82) is 0 Å². The predicted molar refractivity (Wildman–Crippen MR) is 76.8 cm³/mol. The topological polar surface area (TPSA) is 40.5 Å². The second kappa shape index (κ2) is 6.12. The molecule has 3 nitrogen and oxygen atoms in total. The first-order valence-electron chi connectivity index (χ1n) is 6.43. The van der Waals surface area contributed by atoms with Crippen molar-refractivity contribution in [3.05, 3.63) is 33.8 Å². The van der Waals surface area contributed by atoms with Gasteiger partial charge in [-0.15, -0.1) is 0 Å². The van der Waals surface area contributed by atoms with Gasteiger partial charge in [-0.3, -0.25) is 4.79 Å². The van der Waals surface area contributed by atoms with E-state index in [0.717, 1.165) is 12.8 Å². The first-order chi connectivity index (χ1) is 8.99.